The average molecular weight is 374 g/mol. The molecule has 0 bridgehead atoms. The van der Waals surface area contributed by atoms with E-state index in [2.05, 4.69) is 17.1 Å². The van der Waals surface area contributed by atoms with Crippen molar-refractivity contribution in [1.82, 2.24) is 0 Å². The van der Waals surface area contributed by atoms with Crippen LogP contribution in [0.25, 0.3) is 0 Å². The van der Waals surface area contributed by atoms with E-state index in [1.54, 1.807) is 24.3 Å². The molecule has 2 N–H and O–H groups in total. The summed E-state index contributed by atoms with van der Waals surface area (Å²) in [6.45, 7) is 0. The normalized spacial score (nSPS) is 26.5. The Morgan fingerprint density at radius 1 is 0.964 bits per heavy atom. The lowest BCUT2D eigenvalue weighted by atomic mass is 9.92. The van der Waals surface area contributed by atoms with Crippen LogP contribution in [-0.4, -0.2) is 27.2 Å². The first-order valence-corrected chi connectivity index (χ1v) is 7.99. The van der Waals surface area contributed by atoms with E-state index in [1.165, 1.54) is 21.3 Å². The number of methoxy groups -OCH3 is 3. The highest BCUT2D eigenvalue weighted by molar-refractivity contribution is 6.03. The zero-order valence-corrected chi connectivity index (χ0v) is 15.3. The van der Waals surface area contributed by atoms with Gasteiger partial charge in [0.1, 0.15) is 28.8 Å². The Balaban J connectivity index is 2.32. The largest absolute Gasteiger partial charge is 0.493 e. The van der Waals surface area contributed by atoms with E-state index in [0.29, 0.717) is 22.8 Å². The number of hydrogen-bond acceptors (Lipinski definition) is 9. The van der Waals surface area contributed by atoms with Crippen LogP contribution in [0.15, 0.2) is 28.4 Å². The summed E-state index contributed by atoms with van der Waals surface area (Å²) in [5.41, 5.74) is 3.08. The molecule has 0 spiro atoms. The molecular formula is C19H14N6O3. The maximum absolute atomic E-state index is 10.0. The maximum Gasteiger partial charge on any atom is 0.203 e. The summed E-state index contributed by atoms with van der Waals surface area (Å²) >= 11 is 0. The monoisotopic (exact) mass is 374 g/mol. The molecule has 1 aromatic carbocycles. The zero-order valence-electron chi connectivity index (χ0n) is 15.3. The van der Waals surface area contributed by atoms with E-state index in [4.69, 9.17) is 19.9 Å². The minimum atomic E-state index is -1.54. The first-order chi connectivity index (χ1) is 13.5. The Morgan fingerprint density at radius 3 is 1.89 bits per heavy atom. The summed E-state index contributed by atoms with van der Waals surface area (Å²) in [7, 11) is 4.34. The molecule has 9 heteroatoms. The molecule has 28 heavy (non-hydrogen) atoms. The van der Waals surface area contributed by atoms with Crippen molar-refractivity contribution in [1.29, 1.82) is 21.0 Å². The zero-order chi connectivity index (χ0) is 20.7. The van der Waals surface area contributed by atoms with Crippen LogP contribution in [0.1, 0.15) is 11.5 Å². The van der Waals surface area contributed by atoms with Gasteiger partial charge in [-0.05, 0) is 17.7 Å². The predicted octanol–water partition coefficient (Wildman–Crippen LogP) is 1.50. The molecule has 1 fully saturated rings. The van der Waals surface area contributed by atoms with Crippen molar-refractivity contribution in [3.63, 3.8) is 0 Å². The minimum absolute atomic E-state index is 0.0854. The third-order valence-corrected chi connectivity index (χ3v) is 5.25. The number of hydrogen-bond donors (Lipinski definition) is 1. The molecule has 0 radical (unpaired) electrons. The number of nitrogens with zero attached hydrogens (tertiary/aromatic N) is 5. The van der Waals surface area contributed by atoms with Crippen molar-refractivity contribution in [2.45, 2.75) is 5.92 Å². The molecule has 1 saturated carbocycles. The highest BCUT2D eigenvalue weighted by Gasteiger charge is 2.86. The molecule has 2 aliphatic rings. The number of benzene rings is 1. The molecular weight excluding hydrogens is 360 g/mol. The van der Waals surface area contributed by atoms with Gasteiger partial charge in [-0.2, -0.15) is 21.0 Å². The van der Waals surface area contributed by atoms with Crippen LogP contribution >= 0.6 is 0 Å². The number of ether oxygens (including phenoxy) is 3. The van der Waals surface area contributed by atoms with Crippen molar-refractivity contribution in [2.24, 2.45) is 21.6 Å². The van der Waals surface area contributed by atoms with Crippen molar-refractivity contribution in [3.8, 4) is 41.5 Å². The van der Waals surface area contributed by atoms with Crippen LogP contribution in [0.4, 0.5) is 0 Å². The Kier molecular flexibility index (Phi) is 4.11. The number of rotatable bonds is 4. The number of nitrogens with two attached hydrogens (primary N) is 1. The SMILES string of the molecule is COc1cc([C@@H]2[C@]3(C#N)C(N)=NC(=C(C#N)C#N)[C@]23C#N)cc(OC)c1OC. The lowest BCUT2D eigenvalue weighted by Crippen LogP contribution is -2.25. The second kappa shape index (κ2) is 6.20. The van der Waals surface area contributed by atoms with Gasteiger partial charge in [-0.3, -0.25) is 0 Å². The third-order valence-electron chi connectivity index (χ3n) is 5.25. The molecule has 0 unspecified atom stereocenters. The van der Waals surface area contributed by atoms with Gasteiger partial charge < -0.3 is 19.9 Å². The Labute approximate surface area is 161 Å². The maximum atomic E-state index is 10.0. The fourth-order valence-corrected chi connectivity index (χ4v) is 4.01. The van der Waals surface area contributed by atoms with Gasteiger partial charge >= 0.3 is 0 Å². The van der Waals surface area contributed by atoms with E-state index < -0.39 is 16.7 Å². The smallest absolute Gasteiger partial charge is 0.203 e. The van der Waals surface area contributed by atoms with Crippen molar-refractivity contribution in [2.75, 3.05) is 21.3 Å². The lowest BCUT2D eigenvalue weighted by Gasteiger charge is -2.15. The van der Waals surface area contributed by atoms with Crippen molar-refractivity contribution in [3.05, 3.63) is 29.0 Å². The number of aliphatic imine (C=N–C) groups is 1. The number of fused-ring (bicyclic) bond motifs is 1. The minimum Gasteiger partial charge on any atom is -0.493 e. The third kappa shape index (κ3) is 1.88. The highest BCUT2D eigenvalue weighted by Crippen LogP contribution is 2.80. The van der Waals surface area contributed by atoms with Gasteiger partial charge in [0.05, 0.1) is 39.2 Å². The number of nitriles is 4. The molecule has 1 aliphatic carbocycles. The molecule has 0 saturated heterocycles. The quantitative estimate of drug-likeness (QED) is 0.775. The second-order valence-corrected chi connectivity index (χ2v) is 6.18. The van der Waals surface area contributed by atoms with Gasteiger partial charge in [-0.15, -0.1) is 0 Å². The number of allylic oxidation sites excluding steroid dienone is 2. The lowest BCUT2D eigenvalue weighted by molar-refractivity contribution is 0.323. The van der Waals surface area contributed by atoms with Crippen LogP contribution < -0.4 is 19.9 Å². The van der Waals surface area contributed by atoms with Crippen LogP contribution in [0.5, 0.6) is 17.2 Å². The predicted molar refractivity (Wildman–Crippen MR) is 94.8 cm³/mol. The van der Waals surface area contributed by atoms with Gasteiger partial charge in [0.15, 0.2) is 17.1 Å². The summed E-state index contributed by atoms with van der Waals surface area (Å²) in [6, 6.07) is 10.9. The van der Waals surface area contributed by atoms with Crippen LogP contribution in [0, 0.1) is 56.2 Å². The van der Waals surface area contributed by atoms with Crippen LogP contribution in [0.2, 0.25) is 0 Å². The molecule has 1 aromatic rings. The summed E-state index contributed by atoms with van der Waals surface area (Å²) in [6.07, 6.45) is 0. The molecule has 0 aromatic heterocycles. The molecule has 1 aliphatic heterocycles. The molecule has 138 valence electrons. The summed E-state index contributed by atoms with van der Waals surface area (Å²) in [4.78, 5) is 4.04. The Morgan fingerprint density at radius 2 is 1.50 bits per heavy atom. The van der Waals surface area contributed by atoms with E-state index in [9.17, 15) is 21.0 Å². The molecule has 3 rings (SSSR count). The van der Waals surface area contributed by atoms with E-state index in [1.807, 2.05) is 0 Å². The van der Waals surface area contributed by atoms with E-state index in [-0.39, 0.29) is 17.1 Å². The van der Waals surface area contributed by atoms with Crippen LogP contribution in [0.3, 0.4) is 0 Å². The van der Waals surface area contributed by atoms with Crippen molar-refractivity contribution < 1.29 is 14.2 Å². The van der Waals surface area contributed by atoms with Gasteiger partial charge in [0, 0.05) is 5.92 Å². The van der Waals surface area contributed by atoms with E-state index >= 15 is 0 Å². The van der Waals surface area contributed by atoms with Gasteiger partial charge in [-0.1, -0.05) is 0 Å². The fraction of sp³-hybridized carbons (Fsp3) is 0.316. The summed E-state index contributed by atoms with van der Waals surface area (Å²) in [5.74, 6) is 0.166. The van der Waals surface area contributed by atoms with Crippen molar-refractivity contribution >= 4 is 5.84 Å². The standard InChI is InChI=1S/C19H14N6O3/c1-26-12-4-10(5-13(27-2)14(12)28-3)15-18(8-22)16(11(6-20)7-21)25-17(24)19(15,18)9-23/h4-5,15H,1-3H3,(H2,24,25)/t15-,18-,19+/m0/s1. The summed E-state index contributed by atoms with van der Waals surface area (Å²) < 4.78 is 16.0. The highest BCUT2D eigenvalue weighted by atomic mass is 16.5. The van der Waals surface area contributed by atoms with E-state index in [0.717, 1.165) is 0 Å². The van der Waals surface area contributed by atoms with Gasteiger partial charge in [0.2, 0.25) is 5.75 Å². The van der Waals surface area contributed by atoms with Gasteiger partial charge in [-0.25, -0.2) is 4.99 Å². The van der Waals surface area contributed by atoms with Gasteiger partial charge in [0.25, 0.3) is 0 Å². The molecule has 1 heterocycles. The average Bonchev–Trinajstić information content (AvgIpc) is 3.28. The second-order valence-electron chi connectivity index (χ2n) is 6.18. The molecule has 3 atom stereocenters. The molecule has 0 amide bonds. The topological polar surface area (TPSA) is 161 Å². The first-order valence-electron chi connectivity index (χ1n) is 7.99. The fourth-order valence-electron chi connectivity index (χ4n) is 4.01. The van der Waals surface area contributed by atoms with Crippen LogP contribution in [-0.2, 0) is 0 Å². The Bertz CT molecular complexity index is 1070. The first kappa shape index (κ1) is 18.6. The summed E-state index contributed by atoms with van der Waals surface area (Å²) in [5, 5.41) is 38.5. The Hall–Kier alpha value is -4.21. The molecule has 9 nitrogen and oxygen atoms in total. The number of amidine groups is 1.